The molecule has 1 aromatic carbocycles. The van der Waals surface area contributed by atoms with Crippen LogP contribution in [0.1, 0.15) is 16.1 Å². The third-order valence-electron chi connectivity index (χ3n) is 2.64. The molecule has 21 heavy (non-hydrogen) atoms. The normalized spacial score (nSPS) is 9.95. The summed E-state index contributed by atoms with van der Waals surface area (Å²) in [6.45, 7) is 4.42. The predicted octanol–water partition coefficient (Wildman–Crippen LogP) is 3.11. The number of carbonyl (C=O) groups is 1. The van der Waals surface area contributed by atoms with E-state index in [1.165, 1.54) is 11.3 Å². The number of benzene rings is 1. The van der Waals surface area contributed by atoms with Crippen molar-refractivity contribution in [1.29, 1.82) is 0 Å². The summed E-state index contributed by atoms with van der Waals surface area (Å²) in [5, 5.41) is 5.36. The van der Waals surface area contributed by atoms with Gasteiger partial charge in [0.1, 0.15) is 12.4 Å². The molecule has 0 aliphatic rings. The van der Waals surface area contributed by atoms with Crippen molar-refractivity contribution in [3.05, 3.63) is 53.6 Å². The van der Waals surface area contributed by atoms with Crippen molar-refractivity contribution in [2.75, 3.05) is 19.0 Å². The highest BCUT2D eigenvalue weighted by Gasteiger charge is 2.12. The van der Waals surface area contributed by atoms with E-state index in [9.17, 15) is 4.79 Å². The summed E-state index contributed by atoms with van der Waals surface area (Å²) in [6.07, 6.45) is 1.73. The Morgan fingerprint density at radius 3 is 2.86 bits per heavy atom. The van der Waals surface area contributed by atoms with E-state index in [4.69, 9.17) is 9.47 Å². The van der Waals surface area contributed by atoms with Crippen molar-refractivity contribution in [3.63, 3.8) is 0 Å². The number of nitrogens with zero attached hydrogens (tertiary/aromatic N) is 1. The molecule has 0 fully saturated rings. The lowest BCUT2D eigenvalue weighted by Gasteiger charge is -2.04. The third-order valence-corrected chi connectivity index (χ3v) is 3.44. The quantitative estimate of drug-likeness (QED) is 0.629. The van der Waals surface area contributed by atoms with E-state index >= 15 is 0 Å². The SMILES string of the molecule is C=CCNc1nc(C(=O)OCc2ccc(OC)cc2)cs1. The number of anilines is 1. The van der Waals surface area contributed by atoms with E-state index < -0.39 is 5.97 Å². The number of rotatable bonds is 7. The predicted molar refractivity (Wildman–Crippen MR) is 82.9 cm³/mol. The molecule has 0 saturated heterocycles. The Kier molecular flexibility index (Phi) is 5.34. The number of carbonyl (C=O) groups excluding carboxylic acids is 1. The number of aromatic nitrogens is 1. The largest absolute Gasteiger partial charge is 0.497 e. The van der Waals surface area contributed by atoms with Crippen LogP contribution in [0, 0.1) is 0 Å². The molecule has 0 aliphatic carbocycles. The van der Waals surface area contributed by atoms with Crippen molar-refractivity contribution in [2.45, 2.75) is 6.61 Å². The zero-order valence-electron chi connectivity index (χ0n) is 11.7. The fourth-order valence-electron chi connectivity index (χ4n) is 1.55. The maximum atomic E-state index is 11.9. The van der Waals surface area contributed by atoms with Gasteiger partial charge in [0.15, 0.2) is 10.8 Å². The van der Waals surface area contributed by atoms with Crippen LogP contribution in [0.15, 0.2) is 42.3 Å². The van der Waals surface area contributed by atoms with Gasteiger partial charge >= 0.3 is 5.97 Å². The van der Waals surface area contributed by atoms with Gasteiger partial charge < -0.3 is 14.8 Å². The van der Waals surface area contributed by atoms with Crippen LogP contribution in [0.5, 0.6) is 5.75 Å². The lowest BCUT2D eigenvalue weighted by atomic mass is 10.2. The Morgan fingerprint density at radius 1 is 1.43 bits per heavy atom. The van der Waals surface area contributed by atoms with Crippen LogP contribution in [-0.2, 0) is 11.3 Å². The first kappa shape index (κ1) is 15.1. The van der Waals surface area contributed by atoms with Gasteiger partial charge in [-0.25, -0.2) is 9.78 Å². The van der Waals surface area contributed by atoms with Crippen LogP contribution in [0.4, 0.5) is 5.13 Å². The monoisotopic (exact) mass is 304 g/mol. The van der Waals surface area contributed by atoms with Crippen LogP contribution >= 0.6 is 11.3 Å². The Bertz CT molecular complexity index is 608. The molecule has 6 heteroatoms. The second-order valence-corrected chi connectivity index (χ2v) is 4.99. The second kappa shape index (κ2) is 7.44. The Labute approximate surface area is 127 Å². The number of hydrogen-bond donors (Lipinski definition) is 1. The van der Waals surface area contributed by atoms with Crippen molar-refractivity contribution >= 4 is 22.4 Å². The minimum Gasteiger partial charge on any atom is -0.497 e. The van der Waals surface area contributed by atoms with Gasteiger partial charge in [0.05, 0.1) is 7.11 Å². The summed E-state index contributed by atoms with van der Waals surface area (Å²) < 4.78 is 10.3. The molecule has 0 unspecified atom stereocenters. The zero-order valence-corrected chi connectivity index (χ0v) is 12.5. The average Bonchev–Trinajstić information content (AvgIpc) is 3.00. The molecule has 0 atom stereocenters. The zero-order chi connectivity index (χ0) is 15.1. The van der Waals surface area contributed by atoms with Gasteiger partial charge in [-0.05, 0) is 17.7 Å². The molecular formula is C15H16N2O3S. The molecule has 2 aromatic rings. The van der Waals surface area contributed by atoms with Gasteiger partial charge in [0, 0.05) is 11.9 Å². The molecule has 0 amide bonds. The first-order valence-electron chi connectivity index (χ1n) is 6.33. The van der Waals surface area contributed by atoms with Crippen LogP contribution in [-0.4, -0.2) is 24.6 Å². The molecule has 2 rings (SSSR count). The molecule has 0 aliphatic heterocycles. The van der Waals surface area contributed by atoms with Crippen LogP contribution in [0.2, 0.25) is 0 Å². The average molecular weight is 304 g/mol. The molecule has 0 radical (unpaired) electrons. The summed E-state index contributed by atoms with van der Waals surface area (Å²) in [4.78, 5) is 16.0. The minimum absolute atomic E-state index is 0.204. The van der Waals surface area contributed by atoms with E-state index in [1.54, 1.807) is 18.6 Å². The molecule has 0 spiro atoms. The van der Waals surface area contributed by atoms with Crippen LogP contribution in [0.3, 0.4) is 0 Å². The van der Waals surface area contributed by atoms with Crippen LogP contribution in [0.25, 0.3) is 0 Å². The summed E-state index contributed by atoms with van der Waals surface area (Å²) in [6, 6.07) is 7.35. The highest BCUT2D eigenvalue weighted by Crippen LogP contribution is 2.17. The van der Waals surface area contributed by atoms with Crippen LogP contribution < -0.4 is 10.1 Å². The first-order valence-corrected chi connectivity index (χ1v) is 7.21. The highest BCUT2D eigenvalue weighted by atomic mass is 32.1. The fraction of sp³-hybridized carbons (Fsp3) is 0.200. The van der Waals surface area contributed by atoms with E-state index in [-0.39, 0.29) is 6.61 Å². The topological polar surface area (TPSA) is 60.5 Å². The maximum absolute atomic E-state index is 11.9. The highest BCUT2D eigenvalue weighted by molar-refractivity contribution is 7.13. The van der Waals surface area contributed by atoms with E-state index in [0.717, 1.165) is 11.3 Å². The van der Waals surface area contributed by atoms with E-state index in [2.05, 4.69) is 16.9 Å². The molecule has 110 valence electrons. The summed E-state index contributed by atoms with van der Waals surface area (Å²) in [5.74, 6) is 0.330. The summed E-state index contributed by atoms with van der Waals surface area (Å²) >= 11 is 1.36. The fourth-order valence-corrected chi connectivity index (χ4v) is 2.24. The summed E-state index contributed by atoms with van der Waals surface area (Å²) in [7, 11) is 1.61. The third kappa shape index (κ3) is 4.32. The minimum atomic E-state index is -0.436. The molecule has 1 aromatic heterocycles. The number of thiazole rings is 1. The van der Waals surface area contributed by atoms with Crippen molar-refractivity contribution < 1.29 is 14.3 Å². The molecule has 0 bridgehead atoms. The van der Waals surface area contributed by atoms with E-state index in [0.29, 0.717) is 17.4 Å². The van der Waals surface area contributed by atoms with Crippen molar-refractivity contribution in [3.8, 4) is 5.75 Å². The lowest BCUT2D eigenvalue weighted by molar-refractivity contribution is 0.0467. The standard InChI is InChI=1S/C15H16N2O3S/c1-3-8-16-15-17-13(10-21-15)14(18)20-9-11-4-6-12(19-2)7-5-11/h3-7,10H,1,8-9H2,2H3,(H,16,17). The van der Waals surface area contributed by atoms with Gasteiger partial charge in [0.25, 0.3) is 0 Å². The number of nitrogens with one attached hydrogen (secondary N) is 1. The first-order chi connectivity index (χ1) is 10.2. The van der Waals surface area contributed by atoms with Gasteiger partial charge in [-0.1, -0.05) is 18.2 Å². The van der Waals surface area contributed by atoms with Crippen molar-refractivity contribution in [2.24, 2.45) is 0 Å². The molecular weight excluding hydrogens is 288 g/mol. The van der Waals surface area contributed by atoms with E-state index in [1.807, 2.05) is 24.3 Å². The van der Waals surface area contributed by atoms with Gasteiger partial charge in [-0.2, -0.15) is 0 Å². The maximum Gasteiger partial charge on any atom is 0.358 e. The Hall–Kier alpha value is -2.34. The number of hydrogen-bond acceptors (Lipinski definition) is 6. The molecule has 1 heterocycles. The smallest absolute Gasteiger partial charge is 0.358 e. The number of methoxy groups -OCH3 is 1. The van der Waals surface area contributed by atoms with Gasteiger partial charge in [-0.3, -0.25) is 0 Å². The van der Waals surface area contributed by atoms with Gasteiger partial charge in [0.2, 0.25) is 0 Å². The molecule has 1 N–H and O–H groups in total. The lowest BCUT2D eigenvalue weighted by Crippen LogP contribution is -2.06. The molecule has 5 nitrogen and oxygen atoms in total. The Balaban J connectivity index is 1.88. The number of esters is 1. The van der Waals surface area contributed by atoms with Crippen molar-refractivity contribution in [1.82, 2.24) is 4.98 Å². The number of ether oxygens (including phenoxy) is 2. The molecule has 0 saturated carbocycles. The second-order valence-electron chi connectivity index (χ2n) is 4.13. The van der Waals surface area contributed by atoms with Gasteiger partial charge in [-0.15, -0.1) is 17.9 Å². The Morgan fingerprint density at radius 2 is 2.19 bits per heavy atom. The summed E-state index contributed by atoms with van der Waals surface area (Å²) in [5.41, 5.74) is 1.20.